The van der Waals surface area contributed by atoms with Crippen LogP contribution in [0.5, 0.6) is 5.75 Å². The first kappa shape index (κ1) is 17.4. The fourth-order valence-corrected chi connectivity index (χ4v) is 4.73. The second-order valence-corrected chi connectivity index (χ2v) is 7.84. The summed E-state index contributed by atoms with van der Waals surface area (Å²) in [7, 11) is 1.71. The van der Waals surface area contributed by atoms with Crippen molar-refractivity contribution in [3.63, 3.8) is 0 Å². The molecule has 0 unspecified atom stereocenters. The Bertz CT molecular complexity index is 998. The maximum Gasteiger partial charge on any atom is 0.168 e. The topological polar surface area (TPSA) is 56.1 Å². The van der Waals surface area contributed by atoms with Crippen LogP contribution in [0.1, 0.15) is 29.7 Å². The number of rotatable bonds is 4. The Hall–Kier alpha value is -2.73. The van der Waals surface area contributed by atoms with E-state index in [-0.39, 0.29) is 0 Å². The lowest BCUT2D eigenvalue weighted by molar-refractivity contribution is 0.309. The Morgan fingerprint density at radius 3 is 2.82 bits per heavy atom. The van der Waals surface area contributed by atoms with E-state index in [0.717, 1.165) is 60.4 Å². The summed E-state index contributed by atoms with van der Waals surface area (Å²) >= 11 is 0. The molecule has 0 amide bonds. The SMILES string of the molecule is COc1ccccc1-c1nnc2n1[C@H]1CN(Cc3cccc(C)n3)C[C@H]1CC2. The van der Waals surface area contributed by atoms with Crippen LogP contribution in [-0.4, -0.2) is 44.8 Å². The van der Waals surface area contributed by atoms with Crippen molar-refractivity contribution in [3.05, 3.63) is 59.7 Å². The number of para-hydroxylation sites is 1. The summed E-state index contributed by atoms with van der Waals surface area (Å²) in [5.41, 5.74) is 3.24. The predicted octanol–water partition coefficient (Wildman–Crippen LogP) is 3.28. The third-order valence-corrected chi connectivity index (χ3v) is 6.00. The number of likely N-dealkylation sites (tertiary alicyclic amines) is 1. The number of benzene rings is 1. The zero-order chi connectivity index (χ0) is 19.1. The van der Waals surface area contributed by atoms with E-state index in [1.807, 2.05) is 18.2 Å². The second-order valence-electron chi connectivity index (χ2n) is 7.84. The van der Waals surface area contributed by atoms with Crippen LogP contribution in [0.2, 0.25) is 0 Å². The van der Waals surface area contributed by atoms with E-state index in [0.29, 0.717) is 12.0 Å². The van der Waals surface area contributed by atoms with Gasteiger partial charge in [0.05, 0.1) is 24.4 Å². The lowest BCUT2D eigenvalue weighted by atomic mass is 9.93. The number of hydrogen-bond acceptors (Lipinski definition) is 5. The summed E-state index contributed by atoms with van der Waals surface area (Å²) in [6.07, 6.45) is 2.16. The Kier molecular flexibility index (Phi) is 4.36. The summed E-state index contributed by atoms with van der Waals surface area (Å²) in [5.74, 6) is 3.50. The fraction of sp³-hybridized carbons (Fsp3) is 0.409. The largest absolute Gasteiger partial charge is 0.496 e. The lowest BCUT2D eigenvalue weighted by Crippen LogP contribution is -2.26. The van der Waals surface area contributed by atoms with E-state index in [9.17, 15) is 0 Å². The van der Waals surface area contributed by atoms with Crippen molar-refractivity contribution in [2.24, 2.45) is 5.92 Å². The third-order valence-electron chi connectivity index (χ3n) is 6.00. The van der Waals surface area contributed by atoms with Crippen LogP contribution < -0.4 is 4.74 Å². The minimum absolute atomic E-state index is 0.406. The van der Waals surface area contributed by atoms with Gasteiger partial charge in [-0.3, -0.25) is 9.88 Å². The van der Waals surface area contributed by atoms with Crippen LogP contribution in [0.3, 0.4) is 0 Å². The number of ether oxygens (including phenoxy) is 1. The molecule has 2 aliphatic rings. The molecule has 1 saturated heterocycles. The summed E-state index contributed by atoms with van der Waals surface area (Å²) in [5, 5.41) is 9.08. The smallest absolute Gasteiger partial charge is 0.168 e. The Morgan fingerprint density at radius 1 is 1.07 bits per heavy atom. The molecule has 0 spiro atoms. The van der Waals surface area contributed by atoms with Gasteiger partial charge in [0, 0.05) is 31.7 Å². The quantitative estimate of drug-likeness (QED) is 0.700. The van der Waals surface area contributed by atoms with Gasteiger partial charge < -0.3 is 9.30 Å². The molecule has 28 heavy (non-hydrogen) atoms. The number of hydrogen-bond donors (Lipinski definition) is 0. The van der Waals surface area contributed by atoms with Crippen LogP contribution in [0, 0.1) is 12.8 Å². The number of methoxy groups -OCH3 is 1. The highest BCUT2D eigenvalue weighted by Crippen LogP contribution is 2.40. The molecule has 1 aromatic carbocycles. The van der Waals surface area contributed by atoms with E-state index in [4.69, 9.17) is 4.74 Å². The number of pyridine rings is 1. The molecular formula is C22H25N5O. The molecule has 2 atom stereocenters. The van der Waals surface area contributed by atoms with E-state index in [1.165, 1.54) is 6.42 Å². The maximum atomic E-state index is 5.58. The van der Waals surface area contributed by atoms with Gasteiger partial charge in [-0.1, -0.05) is 18.2 Å². The molecule has 0 saturated carbocycles. The van der Waals surface area contributed by atoms with Gasteiger partial charge in [-0.15, -0.1) is 10.2 Å². The standard InChI is InChI=1S/C22H25N5O/c1-15-6-5-7-17(23-15)13-26-12-16-10-11-21-24-25-22(27(21)19(16)14-26)18-8-3-4-9-20(18)28-2/h3-9,16,19H,10-14H2,1-2H3/t16-,19+/m1/s1. The minimum atomic E-state index is 0.406. The summed E-state index contributed by atoms with van der Waals surface area (Å²) in [4.78, 5) is 7.21. The van der Waals surface area contributed by atoms with Gasteiger partial charge in [0.1, 0.15) is 11.6 Å². The number of nitrogens with zero attached hydrogens (tertiary/aromatic N) is 5. The normalized spacial score (nSPS) is 21.4. The molecule has 2 aliphatic heterocycles. The zero-order valence-corrected chi connectivity index (χ0v) is 16.4. The highest BCUT2D eigenvalue weighted by Gasteiger charge is 2.40. The van der Waals surface area contributed by atoms with Gasteiger partial charge in [0.25, 0.3) is 0 Å². The van der Waals surface area contributed by atoms with Crippen molar-refractivity contribution in [3.8, 4) is 17.1 Å². The van der Waals surface area contributed by atoms with Gasteiger partial charge in [-0.05, 0) is 43.5 Å². The van der Waals surface area contributed by atoms with Crippen molar-refractivity contribution in [2.45, 2.75) is 32.4 Å². The molecule has 0 N–H and O–H groups in total. The zero-order valence-electron chi connectivity index (χ0n) is 16.4. The molecule has 144 valence electrons. The average molecular weight is 375 g/mol. The van der Waals surface area contributed by atoms with Crippen LogP contribution in [-0.2, 0) is 13.0 Å². The van der Waals surface area contributed by atoms with Crippen molar-refractivity contribution in [2.75, 3.05) is 20.2 Å². The van der Waals surface area contributed by atoms with Gasteiger partial charge in [0.2, 0.25) is 0 Å². The fourth-order valence-electron chi connectivity index (χ4n) is 4.73. The van der Waals surface area contributed by atoms with Gasteiger partial charge in [0.15, 0.2) is 5.82 Å². The molecule has 6 heteroatoms. The Morgan fingerprint density at radius 2 is 1.96 bits per heavy atom. The predicted molar refractivity (Wildman–Crippen MR) is 107 cm³/mol. The number of aromatic nitrogens is 4. The summed E-state index contributed by atoms with van der Waals surface area (Å²) < 4.78 is 7.95. The molecule has 6 nitrogen and oxygen atoms in total. The molecular weight excluding hydrogens is 350 g/mol. The first-order valence-electron chi connectivity index (χ1n) is 9.95. The first-order chi connectivity index (χ1) is 13.7. The Balaban J connectivity index is 1.45. The number of fused-ring (bicyclic) bond motifs is 3. The van der Waals surface area contributed by atoms with E-state index in [1.54, 1.807) is 7.11 Å². The van der Waals surface area contributed by atoms with Crippen molar-refractivity contribution < 1.29 is 4.74 Å². The molecule has 4 heterocycles. The summed E-state index contributed by atoms with van der Waals surface area (Å²) in [6.45, 7) is 5.06. The molecule has 1 fully saturated rings. The van der Waals surface area contributed by atoms with Crippen LogP contribution in [0.4, 0.5) is 0 Å². The van der Waals surface area contributed by atoms with Crippen LogP contribution in [0.15, 0.2) is 42.5 Å². The Labute approximate surface area is 165 Å². The van der Waals surface area contributed by atoms with Crippen molar-refractivity contribution >= 4 is 0 Å². The highest BCUT2D eigenvalue weighted by molar-refractivity contribution is 5.64. The van der Waals surface area contributed by atoms with E-state index in [2.05, 4.69) is 55.8 Å². The monoisotopic (exact) mass is 375 g/mol. The molecule has 3 aromatic rings. The van der Waals surface area contributed by atoms with E-state index < -0.39 is 0 Å². The van der Waals surface area contributed by atoms with Crippen molar-refractivity contribution in [1.82, 2.24) is 24.6 Å². The summed E-state index contributed by atoms with van der Waals surface area (Å²) in [6, 6.07) is 14.8. The average Bonchev–Trinajstić information content (AvgIpc) is 3.31. The van der Waals surface area contributed by atoms with Gasteiger partial charge in [-0.2, -0.15) is 0 Å². The van der Waals surface area contributed by atoms with Crippen LogP contribution in [0.25, 0.3) is 11.4 Å². The lowest BCUT2D eigenvalue weighted by Gasteiger charge is -2.27. The van der Waals surface area contributed by atoms with Gasteiger partial charge in [-0.25, -0.2) is 0 Å². The second kappa shape index (κ2) is 7.02. The molecule has 0 aliphatic carbocycles. The van der Waals surface area contributed by atoms with Crippen LogP contribution >= 0.6 is 0 Å². The maximum absolute atomic E-state index is 5.58. The molecule has 2 aromatic heterocycles. The van der Waals surface area contributed by atoms with E-state index >= 15 is 0 Å². The number of aryl methyl sites for hydroxylation is 2. The van der Waals surface area contributed by atoms with Crippen molar-refractivity contribution in [1.29, 1.82) is 0 Å². The van der Waals surface area contributed by atoms with Gasteiger partial charge >= 0.3 is 0 Å². The molecule has 0 radical (unpaired) electrons. The minimum Gasteiger partial charge on any atom is -0.496 e. The highest BCUT2D eigenvalue weighted by atomic mass is 16.5. The first-order valence-corrected chi connectivity index (χ1v) is 9.95. The molecule has 0 bridgehead atoms. The third kappa shape index (κ3) is 2.98. The molecule has 5 rings (SSSR count).